The third-order valence-corrected chi connectivity index (χ3v) is 6.73. The Hall–Kier alpha value is -1.12. The van der Waals surface area contributed by atoms with Gasteiger partial charge in [0.15, 0.2) is 0 Å². The van der Waals surface area contributed by atoms with Gasteiger partial charge in [0, 0.05) is 23.6 Å². The van der Waals surface area contributed by atoms with Gasteiger partial charge in [-0.15, -0.1) is 0 Å². The Morgan fingerprint density at radius 3 is 2.40 bits per heavy atom. The molecule has 1 N–H and O–H groups in total. The van der Waals surface area contributed by atoms with Crippen molar-refractivity contribution < 1.29 is 17.9 Å². The molecule has 0 spiro atoms. The van der Waals surface area contributed by atoms with Gasteiger partial charge in [-0.2, -0.15) is 4.31 Å². The molecule has 140 valence electrons. The van der Waals surface area contributed by atoms with Gasteiger partial charge < -0.3 is 10.1 Å². The first kappa shape index (κ1) is 20.2. The van der Waals surface area contributed by atoms with E-state index in [1.807, 2.05) is 27.7 Å². The van der Waals surface area contributed by atoms with Crippen LogP contribution in [0.5, 0.6) is 0 Å². The predicted octanol–water partition coefficient (Wildman–Crippen LogP) is 3.44. The molecule has 1 heterocycles. The van der Waals surface area contributed by atoms with Crippen molar-refractivity contribution in [2.75, 3.05) is 13.1 Å². The van der Waals surface area contributed by atoms with Crippen molar-refractivity contribution in [1.82, 2.24) is 9.62 Å². The molecule has 2 rings (SSSR count). The number of carbonyl (C=O) groups is 1. The molecule has 25 heavy (non-hydrogen) atoms. The number of amides is 1. The molecule has 0 unspecified atom stereocenters. The summed E-state index contributed by atoms with van der Waals surface area (Å²) in [4.78, 5) is 12.1. The van der Waals surface area contributed by atoms with Gasteiger partial charge in [-0.25, -0.2) is 13.2 Å². The average molecular weight is 433 g/mol. The second kappa shape index (κ2) is 7.63. The van der Waals surface area contributed by atoms with Gasteiger partial charge >= 0.3 is 6.09 Å². The predicted molar refractivity (Wildman–Crippen MR) is 100 cm³/mol. The van der Waals surface area contributed by atoms with Crippen LogP contribution in [-0.4, -0.2) is 43.5 Å². The SMILES string of the molecule is Cc1cc(S(=O)(=O)N2CCC(NC(=O)OC(C)(C)C)CC2)ccc1Br. The molecular formula is C17H25BrN2O4S. The van der Waals surface area contributed by atoms with E-state index in [-0.39, 0.29) is 6.04 Å². The number of alkyl carbamates (subject to hydrolysis) is 1. The molecule has 1 saturated heterocycles. The molecule has 1 aliphatic heterocycles. The Labute approximate surface area is 158 Å². The number of benzene rings is 1. The lowest BCUT2D eigenvalue weighted by molar-refractivity contribution is 0.0489. The van der Waals surface area contributed by atoms with E-state index in [9.17, 15) is 13.2 Å². The summed E-state index contributed by atoms with van der Waals surface area (Å²) in [5.74, 6) is 0. The molecule has 6 nitrogen and oxygen atoms in total. The van der Waals surface area contributed by atoms with E-state index >= 15 is 0 Å². The van der Waals surface area contributed by atoms with Gasteiger partial charge in [0.2, 0.25) is 10.0 Å². The van der Waals surface area contributed by atoms with Crippen molar-refractivity contribution in [3.05, 3.63) is 28.2 Å². The molecule has 0 saturated carbocycles. The molecule has 1 aliphatic rings. The highest BCUT2D eigenvalue weighted by atomic mass is 79.9. The van der Waals surface area contributed by atoms with Crippen LogP contribution >= 0.6 is 15.9 Å². The number of hydrogen-bond donors (Lipinski definition) is 1. The van der Waals surface area contributed by atoms with Crippen LogP contribution in [-0.2, 0) is 14.8 Å². The quantitative estimate of drug-likeness (QED) is 0.793. The number of nitrogens with one attached hydrogen (secondary N) is 1. The third-order valence-electron chi connectivity index (χ3n) is 3.94. The summed E-state index contributed by atoms with van der Waals surface area (Å²) in [6.45, 7) is 8.03. The van der Waals surface area contributed by atoms with Crippen molar-refractivity contribution in [2.24, 2.45) is 0 Å². The molecule has 1 fully saturated rings. The minimum absolute atomic E-state index is 0.0760. The molecular weight excluding hydrogens is 408 g/mol. The van der Waals surface area contributed by atoms with Crippen LogP contribution in [0, 0.1) is 6.92 Å². The summed E-state index contributed by atoms with van der Waals surface area (Å²) >= 11 is 3.38. The lowest BCUT2D eigenvalue weighted by atomic mass is 10.1. The number of rotatable bonds is 3. The third kappa shape index (κ3) is 5.43. The van der Waals surface area contributed by atoms with Crippen LogP contribution in [0.1, 0.15) is 39.2 Å². The zero-order valence-electron chi connectivity index (χ0n) is 15.0. The van der Waals surface area contributed by atoms with Gasteiger partial charge in [0.1, 0.15) is 5.60 Å². The first-order valence-corrected chi connectivity index (χ1v) is 10.5. The zero-order valence-corrected chi connectivity index (χ0v) is 17.4. The number of carbonyl (C=O) groups excluding carboxylic acids is 1. The molecule has 0 aliphatic carbocycles. The fourth-order valence-corrected chi connectivity index (χ4v) is 4.44. The fraction of sp³-hybridized carbons (Fsp3) is 0.588. The Balaban J connectivity index is 1.97. The van der Waals surface area contributed by atoms with Crippen molar-refractivity contribution in [1.29, 1.82) is 0 Å². The number of piperidine rings is 1. The maximum absolute atomic E-state index is 12.8. The van der Waals surface area contributed by atoms with Gasteiger partial charge in [-0.1, -0.05) is 15.9 Å². The van der Waals surface area contributed by atoms with E-state index in [1.165, 1.54) is 4.31 Å². The summed E-state index contributed by atoms with van der Waals surface area (Å²) in [6.07, 6.45) is 0.666. The maximum atomic E-state index is 12.8. The smallest absolute Gasteiger partial charge is 0.407 e. The summed E-state index contributed by atoms with van der Waals surface area (Å²) in [5.41, 5.74) is 0.329. The molecule has 0 atom stereocenters. The molecule has 0 aromatic heterocycles. The molecule has 1 aromatic carbocycles. The lowest BCUT2D eigenvalue weighted by Gasteiger charge is -2.32. The van der Waals surface area contributed by atoms with Crippen LogP contribution < -0.4 is 5.32 Å². The van der Waals surface area contributed by atoms with E-state index < -0.39 is 21.7 Å². The van der Waals surface area contributed by atoms with E-state index in [4.69, 9.17) is 4.74 Å². The van der Waals surface area contributed by atoms with Crippen molar-refractivity contribution in [2.45, 2.75) is 57.1 Å². The molecule has 1 aromatic rings. The Bertz CT molecular complexity index is 736. The lowest BCUT2D eigenvalue weighted by Crippen LogP contribution is -2.47. The number of halogens is 1. The normalized spacial score (nSPS) is 17.3. The molecule has 1 amide bonds. The Kier molecular flexibility index (Phi) is 6.17. The Morgan fingerprint density at radius 1 is 1.28 bits per heavy atom. The van der Waals surface area contributed by atoms with Gasteiger partial charge in [0.05, 0.1) is 4.90 Å². The van der Waals surface area contributed by atoms with Gasteiger partial charge in [-0.3, -0.25) is 0 Å². The summed E-state index contributed by atoms with van der Waals surface area (Å²) in [7, 11) is -3.51. The van der Waals surface area contributed by atoms with Crippen LogP contribution in [0.2, 0.25) is 0 Å². The summed E-state index contributed by atoms with van der Waals surface area (Å²) < 4.78 is 33.1. The van der Waals surface area contributed by atoms with Crippen LogP contribution in [0.25, 0.3) is 0 Å². The fourth-order valence-electron chi connectivity index (χ4n) is 2.64. The van der Waals surface area contributed by atoms with Crippen molar-refractivity contribution in [3.63, 3.8) is 0 Å². The molecule has 0 bridgehead atoms. The second-order valence-corrected chi connectivity index (χ2v) is 10.0. The highest BCUT2D eigenvalue weighted by molar-refractivity contribution is 9.10. The highest BCUT2D eigenvalue weighted by Crippen LogP contribution is 2.25. The standard InChI is InChI=1S/C17H25BrN2O4S/c1-12-11-14(5-6-15(12)18)25(22,23)20-9-7-13(8-10-20)19-16(21)24-17(2,3)4/h5-6,11,13H,7-10H2,1-4H3,(H,19,21). The topological polar surface area (TPSA) is 75.7 Å². The number of nitrogens with zero attached hydrogens (tertiary/aromatic N) is 1. The first-order chi connectivity index (χ1) is 11.5. The van der Waals surface area contributed by atoms with E-state index in [2.05, 4.69) is 21.2 Å². The van der Waals surface area contributed by atoms with Crippen LogP contribution in [0.15, 0.2) is 27.6 Å². The summed E-state index contributed by atoms with van der Waals surface area (Å²) in [5, 5.41) is 2.81. The zero-order chi connectivity index (χ0) is 18.8. The summed E-state index contributed by atoms with van der Waals surface area (Å²) in [6, 6.07) is 4.95. The largest absolute Gasteiger partial charge is 0.444 e. The van der Waals surface area contributed by atoms with Gasteiger partial charge in [-0.05, 0) is 64.3 Å². The minimum atomic E-state index is -3.51. The Morgan fingerprint density at radius 2 is 1.88 bits per heavy atom. The second-order valence-electron chi connectivity index (χ2n) is 7.24. The van der Waals surface area contributed by atoms with Crippen LogP contribution in [0.3, 0.4) is 0 Å². The monoisotopic (exact) mass is 432 g/mol. The average Bonchev–Trinajstić information content (AvgIpc) is 2.48. The van der Waals surface area contributed by atoms with E-state index in [0.717, 1.165) is 10.0 Å². The number of aryl methyl sites for hydroxylation is 1. The first-order valence-electron chi connectivity index (χ1n) is 8.25. The minimum Gasteiger partial charge on any atom is -0.444 e. The number of ether oxygens (including phenoxy) is 1. The number of sulfonamides is 1. The highest BCUT2D eigenvalue weighted by Gasteiger charge is 2.30. The molecule has 0 radical (unpaired) electrons. The van der Waals surface area contributed by atoms with Crippen LogP contribution in [0.4, 0.5) is 4.79 Å². The van der Waals surface area contributed by atoms with Crippen molar-refractivity contribution >= 4 is 32.0 Å². The van der Waals surface area contributed by atoms with E-state index in [1.54, 1.807) is 18.2 Å². The number of hydrogen-bond acceptors (Lipinski definition) is 4. The molecule has 8 heteroatoms. The van der Waals surface area contributed by atoms with Crippen molar-refractivity contribution in [3.8, 4) is 0 Å². The van der Waals surface area contributed by atoms with E-state index in [0.29, 0.717) is 30.8 Å². The maximum Gasteiger partial charge on any atom is 0.407 e. The van der Waals surface area contributed by atoms with Gasteiger partial charge in [0.25, 0.3) is 0 Å².